The van der Waals surface area contributed by atoms with Crippen molar-refractivity contribution in [1.82, 2.24) is 20.9 Å². The first-order chi connectivity index (χ1) is 17.7. The Kier molecular flexibility index (Phi) is 8.92. The van der Waals surface area contributed by atoms with E-state index in [4.69, 9.17) is 0 Å². The normalized spacial score (nSPS) is 26.0. The van der Waals surface area contributed by atoms with Crippen molar-refractivity contribution in [3.05, 3.63) is 0 Å². The number of halogens is 4. The van der Waals surface area contributed by atoms with Crippen LogP contribution in [0.15, 0.2) is 0 Å². The van der Waals surface area contributed by atoms with E-state index in [0.717, 1.165) is 13.5 Å². The van der Waals surface area contributed by atoms with Gasteiger partial charge in [0, 0.05) is 32.9 Å². The van der Waals surface area contributed by atoms with Crippen LogP contribution in [0, 0.1) is 17.8 Å². The molecule has 10 nitrogen and oxygen atoms in total. The summed E-state index contributed by atoms with van der Waals surface area (Å²) in [5.74, 6) is -11.1. The van der Waals surface area contributed by atoms with Crippen molar-refractivity contribution in [3.8, 4) is 0 Å². The molecule has 3 N–H and O–H groups in total. The maximum absolute atomic E-state index is 13.6. The molecule has 0 unspecified atom stereocenters. The Morgan fingerprint density at radius 1 is 1.11 bits per heavy atom. The zero-order valence-electron chi connectivity index (χ0n) is 21.5. The van der Waals surface area contributed by atoms with Crippen molar-refractivity contribution in [1.29, 1.82) is 0 Å². The van der Waals surface area contributed by atoms with Crippen molar-refractivity contribution < 1.29 is 46.3 Å². The number of rotatable bonds is 10. The molecule has 3 rings (SSSR count). The molecule has 14 heteroatoms. The second-order valence-electron chi connectivity index (χ2n) is 10.5. The van der Waals surface area contributed by atoms with Crippen LogP contribution < -0.4 is 16.0 Å². The summed E-state index contributed by atoms with van der Waals surface area (Å²) < 4.78 is 58.9. The number of nitrogens with zero attached hydrogens (tertiary/aromatic N) is 1. The van der Waals surface area contributed by atoms with E-state index in [1.807, 2.05) is 0 Å². The fourth-order valence-corrected chi connectivity index (χ4v) is 5.76. The zero-order chi connectivity index (χ0) is 28.4. The van der Waals surface area contributed by atoms with Crippen LogP contribution >= 0.6 is 0 Å². The van der Waals surface area contributed by atoms with Crippen LogP contribution in [0.2, 0.25) is 0 Å². The highest BCUT2D eigenvalue weighted by molar-refractivity contribution is 6.38. The Balaban J connectivity index is 1.84. The van der Waals surface area contributed by atoms with Crippen LogP contribution in [0.3, 0.4) is 0 Å². The van der Waals surface area contributed by atoms with Gasteiger partial charge in [0.25, 0.3) is 5.91 Å². The van der Waals surface area contributed by atoms with E-state index in [1.165, 1.54) is 11.9 Å². The standard InChI is InChI=1S/C24H34F4N4O6/c1-23(25,26)8-7-15(18(33)20(35)29-2)30-19(34)17-14-6-4-5-12(14)11-32(17)21(36)16(31-22(37)38-3)13-9-24(27,28)10-13/h12-17H,4-11H2,1-3H3,(H,29,35)(H,30,34)(H,31,37)/t12-,14-,15-,16-,17-/m0/s1. The second-order valence-corrected chi connectivity index (χ2v) is 10.5. The van der Waals surface area contributed by atoms with Gasteiger partial charge in [-0.1, -0.05) is 6.42 Å². The van der Waals surface area contributed by atoms with Crippen LogP contribution in [0.5, 0.6) is 0 Å². The van der Waals surface area contributed by atoms with Gasteiger partial charge in [-0.25, -0.2) is 22.4 Å². The van der Waals surface area contributed by atoms with E-state index in [2.05, 4.69) is 20.7 Å². The number of nitrogens with one attached hydrogen (secondary N) is 3. The Morgan fingerprint density at radius 2 is 1.76 bits per heavy atom. The molecule has 0 spiro atoms. The van der Waals surface area contributed by atoms with Gasteiger partial charge < -0.3 is 25.6 Å². The zero-order valence-corrected chi connectivity index (χ0v) is 21.5. The molecule has 0 aromatic heterocycles. The topological polar surface area (TPSA) is 134 Å². The number of alkyl carbamates (subject to hydrolysis) is 1. The summed E-state index contributed by atoms with van der Waals surface area (Å²) in [6.45, 7) is 0.778. The van der Waals surface area contributed by atoms with Gasteiger partial charge in [-0.15, -0.1) is 0 Å². The molecule has 38 heavy (non-hydrogen) atoms. The van der Waals surface area contributed by atoms with Gasteiger partial charge in [-0.3, -0.25) is 19.2 Å². The minimum atomic E-state index is -3.16. The quantitative estimate of drug-likeness (QED) is 0.280. The highest BCUT2D eigenvalue weighted by Crippen LogP contribution is 2.46. The van der Waals surface area contributed by atoms with Gasteiger partial charge in [0.15, 0.2) is 0 Å². The van der Waals surface area contributed by atoms with Gasteiger partial charge in [0.2, 0.25) is 29.4 Å². The lowest BCUT2D eigenvalue weighted by Crippen LogP contribution is -2.61. The van der Waals surface area contributed by atoms with E-state index in [-0.39, 0.29) is 18.4 Å². The average Bonchev–Trinajstić information content (AvgIpc) is 3.42. The van der Waals surface area contributed by atoms with Crippen molar-refractivity contribution >= 4 is 29.6 Å². The molecular weight excluding hydrogens is 516 g/mol. The predicted octanol–water partition coefficient (Wildman–Crippen LogP) is 1.62. The third-order valence-corrected chi connectivity index (χ3v) is 7.72. The number of ketones is 1. The molecule has 3 fully saturated rings. The summed E-state index contributed by atoms with van der Waals surface area (Å²) in [4.78, 5) is 64.8. The monoisotopic (exact) mass is 550 g/mol. The van der Waals surface area contributed by atoms with Gasteiger partial charge >= 0.3 is 6.09 Å². The van der Waals surface area contributed by atoms with Gasteiger partial charge in [0.1, 0.15) is 12.1 Å². The molecule has 3 aliphatic rings. The first kappa shape index (κ1) is 29.6. The molecule has 0 bridgehead atoms. The summed E-state index contributed by atoms with van der Waals surface area (Å²) in [7, 11) is 2.25. The SMILES string of the molecule is CNC(=O)C(=O)[C@H](CCC(C)(F)F)NC(=O)[C@@H]1[C@H]2CCC[C@H]2CN1C(=O)[C@@H](NC(=O)OC)C1CC(F)(F)C1. The van der Waals surface area contributed by atoms with E-state index in [9.17, 15) is 41.5 Å². The van der Waals surface area contributed by atoms with Crippen molar-refractivity contribution in [2.24, 2.45) is 17.8 Å². The van der Waals surface area contributed by atoms with Gasteiger partial charge in [-0.05, 0) is 43.9 Å². The number of alkyl halides is 4. The number of methoxy groups -OCH3 is 1. The molecule has 2 saturated carbocycles. The van der Waals surface area contributed by atoms with Crippen LogP contribution in [-0.4, -0.2) is 85.2 Å². The number of amides is 4. The number of ether oxygens (including phenoxy) is 1. The number of hydrogen-bond acceptors (Lipinski definition) is 6. The average molecular weight is 551 g/mol. The van der Waals surface area contributed by atoms with Crippen molar-refractivity contribution in [3.63, 3.8) is 0 Å². The number of hydrogen-bond donors (Lipinski definition) is 3. The summed E-state index contributed by atoms with van der Waals surface area (Å²) in [6, 6.07) is -4.04. The molecule has 0 aromatic rings. The predicted molar refractivity (Wildman–Crippen MR) is 124 cm³/mol. The fraction of sp³-hybridized carbons (Fsp3) is 0.792. The lowest BCUT2D eigenvalue weighted by molar-refractivity contribution is -0.152. The maximum atomic E-state index is 13.6. The number of carbonyl (C=O) groups excluding carboxylic acids is 5. The Labute approximate surface area is 217 Å². The molecule has 1 saturated heterocycles. The van der Waals surface area contributed by atoms with E-state index >= 15 is 0 Å². The molecule has 0 radical (unpaired) electrons. The molecule has 2 aliphatic carbocycles. The number of carbonyl (C=O) groups is 5. The van der Waals surface area contributed by atoms with Crippen LogP contribution in [-0.2, 0) is 23.9 Å². The second kappa shape index (κ2) is 11.4. The minimum absolute atomic E-state index is 0.0793. The summed E-state index contributed by atoms with van der Waals surface area (Å²) in [5, 5.41) is 6.83. The van der Waals surface area contributed by atoms with Crippen molar-refractivity contribution in [2.45, 2.75) is 81.8 Å². The van der Waals surface area contributed by atoms with E-state index < -0.39 is 91.2 Å². The largest absolute Gasteiger partial charge is 0.453 e. The van der Waals surface area contributed by atoms with Crippen LogP contribution in [0.4, 0.5) is 22.4 Å². The molecule has 214 valence electrons. The molecule has 0 aromatic carbocycles. The highest BCUT2D eigenvalue weighted by atomic mass is 19.3. The lowest BCUT2D eigenvalue weighted by Gasteiger charge is -2.41. The fourth-order valence-electron chi connectivity index (χ4n) is 5.76. The molecule has 1 aliphatic heterocycles. The minimum Gasteiger partial charge on any atom is -0.453 e. The van der Waals surface area contributed by atoms with Crippen molar-refractivity contribution in [2.75, 3.05) is 20.7 Å². The summed E-state index contributed by atoms with van der Waals surface area (Å²) in [6.07, 6.45) is -1.47. The first-order valence-corrected chi connectivity index (χ1v) is 12.6. The summed E-state index contributed by atoms with van der Waals surface area (Å²) in [5.41, 5.74) is 0. The number of Topliss-reactive ketones (excluding diaryl/α,β-unsaturated/α-hetero) is 1. The van der Waals surface area contributed by atoms with Crippen LogP contribution in [0.1, 0.15) is 51.9 Å². The van der Waals surface area contributed by atoms with Crippen LogP contribution in [0.25, 0.3) is 0 Å². The third kappa shape index (κ3) is 6.73. The lowest BCUT2D eigenvalue weighted by atomic mass is 9.76. The van der Waals surface area contributed by atoms with Gasteiger partial charge in [0.05, 0.1) is 13.2 Å². The molecule has 4 amide bonds. The van der Waals surface area contributed by atoms with E-state index in [1.54, 1.807) is 0 Å². The Hall–Kier alpha value is -2.93. The molecule has 5 atom stereocenters. The smallest absolute Gasteiger partial charge is 0.407 e. The Bertz CT molecular complexity index is 951. The third-order valence-electron chi connectivity index (χ3n) is 7.72. The number of fused-ring (bicyclic) bond motifs is 1. The molecular formula is C24H34F4N4O6. The molecule has 1 heterocycles. The number of likely N-dealkylation sites (N-methyl/N-ethyl adjacent to an activating group) is 1. The van der Waals surface area contributed by atoms with Gasteiger partial charge in [-0.2, -0.15) is 0 Å². The number of likely N-dealkylation sites (tertiary alicyclic amines) is 1. The highest BCUT2D eigenvalue weighted by Gasteiger charge is 2.55. The first-order valence-electron chi connectivity index (χ1n) is 12.6. The summed E-state index contributed by atoms with van der Waals surface area (Å²) >= 11 is 0. The maximum Gasteiger partial charge on any atom is 0.407 e. The Morgan fingerprint density at radius 3 is 2.32 bits per heavy atom. The van der Waals surface area contributed by atoms with E-state index in [0.29, 0.717) is 19.8 Å².